The van der Waals surface area contributed by atoms with Gasteiger partial charge in [-0.05, 0) is 28.1 Å². The molecule has 0 unspecified atom stereocenters. The molecule has 0 atom stereocenters. The van der Waals surface area contributed by atoms with E-state index in [0.29, 0.717) is 0 Å². The fourth-order valence-electron chi connectivity index (χ4n) is 1.90. The van der Waals surface area contributed by atoms with Crippen molar-refractivity contribution >= 4 is 27.4 Å². The lowest BCUT2D eigenvalue weighted by Crippen LogP contribution is -2.36. The van der Waals surface area contributed by atoms with Crippen molar-refractivity contribution in [1.29, 1.82) is 0 Å². The molecule has 0 aliphatic carbocycles. The fourth-order valence-corrected chi connectivity index (χ4v) is 2.25. The van der Waals surface area contributed by atoms with Gasteiger partial charge in [-0.25, -0.2) is 4.98 Å². The van der Waals surface area contributed by atoms with Crippen LogP contribution in [0.1, 0.15) is 0 Å². The number of nitrogens with zero attached hydrogens (tertiary/aromatic N) is 3. The van der Waals surface area contributed by atoms with E-state index >= 15 is 0 Å². The number of fused-ring (bicyclic) bond motifs is 1. The maximum Gasteiger partial charge on any atom is 0.148 e. The number of hydrogen-bond acceptors (Lipinski definition) is 3. The van der Waals surface area contributed by atoms with Crippen LogP contribution in [0.4, 0.5) is 5.82 Å². The topological polar surface area (TPSA) is 29.8 Å². The molecule has 1 aliphatic rings. The van der Waals surface area contributed by atoms with Crippen molar-refractivity contribution in [2.24, 2.45) is 0 Å². The van der Waals surface area contributed by atoms with Crippen molar-refractivity contribution in [2.75, 3.05) is 31.2 Å². The van der Waals surface area contributed by atoms with Crippen molar-refractivity contribution in [3.8, 4) is 0 Å². The van der Waals surface area contributed by atoms with Crippen LogP contribution in [0.2, 0.25) is 0 Å². The third kappa shape index (κ3) is 1.81. The Morgan fingerprint density at radius 2 is 2.00 bits per heavy atom. The summed E-state index contributed by atoms with van der Waals surface area (Å²) in [5.41, 5.74) is 0.977. The lowest BCUT2D eigenvalue weighted by Gasteiger charge is -2.26. The standard InChI is InChI=1S/C11H12BrN3O/c12-9-1-2-10-13-11(8-15(10)7-9)14-3-5-16-6-4-14/h1-2,7-8H,3-6H2. The Morgan fingerprint density at radius 3 is 2.81 bits per heavy atom. The number of pyridine rings is 1. The summed E-state index contributed by atoms with van der Waals surface area (Å²) in [6.45, 7) is 3.42. The number of morpholine rings is 1. The van der Waals surface area contributed by atoms with Crippen LogP contribution in [-0.2, 0) is 4.74 Å². The van der Waals surface area contributed by atoms with Crippen LogP contribution in [0, 0.1) is 0 Å². The van der Waals surface area contributed by atoms with Gasteiger partial charge in [-0.2, -0.15) is 0 Å². The molecule has 2 aromatic rings. The van der Waals surface area contributed by atoms with Crippen LogP contribution in [0.3, 0.4) is 0 Å². The maximum atomic E-state index is 5.33. The van der Waals surface area contributed by atoms with Crippen LogP contribution >= 0.6 is 15.9 Å². The molecule has 16 heavy (non-hydrogen) atoms. The van der Waals surface area contributed by atoms with Crippen molar-refractivity contribution in [3.63, 3.8) is 0 Å². The summed E-state index contributed by atoms with van der Waals surface area (Å²) >= 11 is 3.46. The van der Waals surface area contributed by atoms with Gasteiger partial charge in [-0.3, -0.25) is 0 Å². The van der Waals surface area contributed by atoms with Gasteiger partial charge in [-0.15, -0.1) is 0 Å². The number of ether oxygens (including phenoxy) is 1. The predicted octanol–water partition coefficient (Wildman–Crippen LogP) is 1.93. The molecule has 0 amide bonds. The number of hydrogen-bond donors (Lipinski definition) is 0. The molecule has 1 fully saturated rings. The Labute approximate surface area is 102 Å². The summed E-state index contributed by atoms with van der Waals surface area (Å²) in [7, 11) is 0. The number of imidazole rings is 1. The molecule has 4 nitrogen and oxygen atoms in total. The van der Waals surface area contributed by atoms with Crippen LogP contribution in [0.15, 0.2) is 29.0 Å². The van der Waals surface area contributed by atoms with E-state index < -0.39 is 0 Å². The van der Waals surface area contributed by atoms with E-state index in [-0.39, 0.29) is 0 Å². The minimum Gasteiger partial charge on any atom is -0.378 e. The Hall–Kier alpha value is -1.07. The van der Waals surface area contributed by atoms with Crippen molar-refractivity contribution in [3.05, 3.63) is 29.0 Å². The average Bonchev–Trinajstić information content (AvgIpc) is 2.73. The van der Waals surface area contributed by atoms with E-state index in [1.165, 1.54) is 0 Å². The summed E-state index contributed by atoms with van der Waals surface area (Å²) in [5, 5.41) is 0. The lowest BCUT2D eigenvalue weighted by atomic mass is 10.4. The van der Waals surface area contributed by atoms with Crippen LogP contribution in [-0.4, -0.2) is 35.7 Å². The highest BCUT2D eigenvalue weighted by atomic mass is 79.9. The lowest BCUT2D eigenvalue weighted by molar-refractivity contribution is 0.122. The monoisotopic (exact) mass is 281 g/mol. The molecule has 0 aromatic carbocycles. The molecule has 0 bridgehead atoms. The average molecular weight is 282 g/mol. The van der Waals surface area contributed by atoms with E-state index in [2.05, 4.69) is 32.0 Å². The summed E-state index contributed by atoms with van der Waals surface area (Å²) in [6.07, 6.45) is 4.08. The molecule has 1 aliphatic heterocycles. The van der Waals surface area contributed by atoms with E-state index in [0.717, 1.165) is 42.2 Å². The number of rotatable bonds is 1. The van der Waals surface area contributed by atoms with Crippen molar-refractivity contribution < 1.29 is 4.74 Å². The van der Waals surface area contributed by atoms with Crippen LogP contribution in [0.5, 0.6) is 0 Å². The SMILES string of the molecule is Brc1ccc2nc(N3CCOCC3)cn2c1. The molecule has 2 aromatic heterocycles. The van der Waals surface area contributed by atoms with Crippen LogP contribution < -0.4 is 4.90 Å². The van der Waals surface area contributed by atoms with Crippen molar-refractivity contribution in [2.45, 2.75) is 0 Å². The second-order valence-corrected chi connectivity index (χ2v) is 4.73. The number of aromatic nitrogens is 2. The van der Waals surface area contributed by atoms with Gasteiger partial charge in [0.25, 0.3) is 0 Å². The fraction of sp³-hybridized carbons (Fsp3) is 0.364. The number of halogens is 1. The Balaban J connectivity index is 1.97. The minimum absolute atomic E-state index is 0.789. The molecule has 3 heterocycles. The Kier molecular flexibility index (Phi) is 2.57. The van der Waals surface area contributed by atoms with E-state index in [4.69, 9.17) is 4.74 Å². The highest BCUT2D eigenvalue weighted by Gasteiger charge is 2.13. The van der Waals surface area contributed by atoms with Gasteiger partial charge in [0.2, 0.25) is 0 Å². The van der Waals surface area contributed by atoms with Gasteiger partial charge in [0.05, 0.1) is 19.4 Å². The zero-order valence-electron chi connectivity index (χ0n) is 8.77. The molecule has 84 valence electrons. The zero-order valence-corrected chi connectivity index (χ0v) is 10.4. The van der Waals surface area contributed by atoms with Crippen LogP contribution in [0.25, 0.3) is 5.65 Å². The summed E-state index contributed by atoms with van der Waals surface area (Å²) in [5.74, 6) is 1.03. The first-order chi connectivity index (χ1) is 7.83. The van der Waals surface area contributed by atoms with E-state index in [1.54, 1.807) is 0 Å². The van der Waals surface area contributed by atoms with Gasteiger partial charge in [0.1, 0.15) is 11.5 Å². The molecule has 1 saturated heterocycles. The largest absolute Gasteiger partial charge is 0.378 e. The second kappa shape index (κ2) is 4.07. The third-order valence-electron chi connectivity index (χ3n) is 2.74. The van der Waals surface area contributed by atoms with Gasteiger partial charge in [-0.1, -0.05) is 0 Å². The molecule has 0 saturated carbocycles. The Bertz CT molecular complexity index is 505. The predicted molar refractivity (Wildman–Crippen MR) is 65.9 cm³/mol. The Morgan fingerprint density at radius 1 is 1.19 bits per heavy atom. The van der Waals surface area contributed by atoms with E-state index in [9.17, 15) is 0 Å². The summed E-state index contributed by atoms with van der Waals surface area (Å²) in [4.78, 5) is 6.84. The first-order valence-electron chi connectivity index (χ1n) is 5.30. The molecule has 0 N–H and O–H groups in total. The van der Waals surface area contributed by atoms with Crippen molar-refractivity contribution in [1.82, 2.24) is 9.38 Å². The third-order valence-corrected chi connectivity index (χ3v) is 3.21. The second-order valence-electron chi connectivity index (χ2n) is 3.81. The molecule has 0 radical (unpaired) electrons. The molecular weight excluding hydrogens is 270 g/mol. The zero-order chi connectivity index (χ0) is 11.0. The highest BCUT2D eigenvalue weighted by Crippen LogP contribution is 2.18. The van der Waals surface area contributed by atoms with Gasteiger partial charge in [0, 0.05) is 23.8 Å². The maximum absolute atomic E-state index is 5.33. The summed E-state index contributed by atoms with van der Waals surface area (Å²) in [6, 6.07) is 4.01. The normalized spacial score (nSPS) is 16.9. The quantitative estimate of drug-likeness (QED) is 0.800. The minimum atomic E-state index is 0.789. The summed E-state index contributed by atoms with van der Waals surface area (Å²) < 4.78 is 8.43. The number of anilines is 1. The first kappa shape index (κ1) is 10.1. The molecule has 5 heteroatoms. The van der Waals surface area contributed by atoms with Gasteiger partial charge in [0.15, 0.2) is 0 Å². The molecule has 0 spiro atoms. The first-order valence-corrected chi connectivity index (χ1v) is 6.09. The highest BCUT2D eigenvalue weighted by molar-refractivity contribution is 9.10. The molecule has 3 rings (SSSR count). The van der Waals surface area contributed by atoms with Gasteiger partial charge >= 0.3 is 0 Å². The van der Waals surface area contributed by atoms with E-state index in [1.807, 2.05) is 22.7 Å². The van der Waals surface area contributed by atoms with Gasteiger partial charge < -0.3 is 14.0 Å². The smallest absolute Gasteiger partial charge is 0.148 e. The molecular formula is C11H12BrN3O.